The van der Waals surface area contributed by atoms with Gasteiger partial charge in [-0.3, -0.25) is 9.59 Å². The van der Waals surface area contributed by atoms with Crippen molar-refractivity contribution < 1.29 is 19.4 Å². The number of carboxylic acids is 1. The molecule has 0 aromatic carbocycles. The quantitative estimate of drug-likeness (QED) is 0.797. The van der Waals surface area contributed by atoms with Gasteiger partial charge < -0.3 is 15.2 Å². The van der Waals surface area contributed by atoms with Crippen LogP contribution in [0.1, 0.15) is 45.4 Å². The van der Waals surface area contributed by atoms with Crippen LogP contribution in [0.25, 0.3) is 0 Å². The van der Waals surface area contributed by atoms with Crippen LogP contribution >= 0.6 is 0 Å². The first kappa shape index (κ1) is 13.3. The van der Waals surface area contributed by atoms with Crippen molar-refractivity contribution in [3.63, 3.8) is 0 Å². The average molecular weight is 255 g/mol. The molecule has 18 heavy (non-hydrogen) atoms. The number of carbonyl (C=O) groups is 2. The molecule has 2 aliphatic rings. The number of ether oxygens (including phenoxy) is 1. The van der Waals surface area contributed by atoms with Crippen LogP contribution in [0.3, 0.4) is 0 Å². The first-order valence-electron chi connectivity index (χ1n) is 6.69. The molecule has 0 spiro atoms. The van der Waals surface area contributed by atoms with Gasteiger partial charge in [-0.15, -0.1) is 0 Å². The largest absolute Gasteiger partial charge is 0.481 e. The van der Waals surface area contributed by atoms with Gasteiger partial charge in [-0.25, -0.2) is 0 Å². The van der Waals surface area contributed by atoms with Crippen molar-refractivity contribution in [2.45, 2.75) is 57.1 Å². The van der Waals surface area contributed by atoms with E-state index in [1.165, 1.54) is 0 Å². The molecule has 2 fully saturated rings. The molecule has 1 aliphatic carbocycles. The summed E-state index contributed by atoms with van der Waals surface area (Å²) < 4.78 is 5.34. The minimum Gasteiger partial charge on any atom is -0.481 e. The molecule has 1 heterocycles. The van der Waals surface area contributed by atoms with Crippen LogP contribution in [0.4, 0.5) is 0 Å². The Morgan fingerprint density at radius 3 is 2.67 bits per heavy atom. The van der Waals surface area contributed by atoms with Crippen LogP contribution in [0.15, 0.2) is 0 Å². The highest BCUT2D eigenvalue weighted by molar-refractivity contribution is 5.83. The Kier molecular flexibility index (Phi) is 3.90. The fraction of sp³-hybridized carbons (Fsp3) is 0.846. The number of carboxylic acid groups (broad SMARTS) is 1. The van der Waals surface area contributed by atoms with Crippen molar-refractivity contribution in [3.05, 3.63) is 0 Å². The Morgan fingerprint density at radius 1 is 1.28 bits per heavy atom. The maximum absolute atomic E-state index is 12.1. The first-order valence-corrected chi connectivity index (χ1v) is 6.69. The molecule has 5 nitrogen and oxygen atoms in total. The first-order chi connectivity index (χ1) is 8.53. The van der Waals surface area contributed by atoms with E-state index in [9.17, 15) is 14.7 Å². The van der Waals surface area contributed by atoms with Gasteiger partial charge in [0.1, 0.15) is 6.10 Å². The van der Waals surface area contributed by atoms with E-state index in [1.807, 2.05) is 6.92 Å². The lowest BCUT2D eigenvalue weighted by Crippen LogP contribution is -2.57. The lowest BCUT2D eigenvalue weighted by Gasteiger charge is -2.40. The van der Waals surface area contributed by atoms with Crippen molar-refractivity contribution in [2.24, 2.45) is 5.92 Å². The number of carbonyl (C=O) groups excluding carboxylic acids is 1. The van der Waals surface area contributed by atoms with Crippen LogP contribution in [0, 0.1) is 5.92 Å². The molecule has 0 aromatic rings. The summed E-state index contributed by atoms with van der Waals surface area (Å²) in [5, 5.41) is 12.2. The van der Waals surface area contributed by atoms with Crippen molar-refractivity contribution in [3.8, 4) is 0 Å². The summed E-state index contributed by atoms with van der Waals surface area (Å²) in [6.45, 7) is 2.47. The van der Waals surface area contributed by atoms with Crippen LogP contribution in [0.2, 0.25) is 0 Å². The van der Waals surface area contributed by atoms with Gasteiger partial charge in [0, 0.05) is 6.61 Å². The highest BCUT2D eigenvalue weighted by Crippen LogP contribution is 2.34. The smallest absolute Gasteiger partial charge is 0.308 e. The molecule has 0 aromatic heterocycles. The Labute approximate surface area is 107 Å². The number of aliphatic carboxylic acids is 1. The van der Waals surface area contributed by atoms with E-state index in [2.05, 4.69) is 5.32 Å². The van der Waals surface area contributed by atoms with Crippen molar-refractivity contribution in [1.29, 1.82) is 0 Å². The van der Waals surface area contributed by atoms with Crippen LogP contribution in [-0.2, 0) is 14.3 Å². The lowest BCUT2D eigenvalue weighted by atomic mass is 9.73. The monoisotopic (exact) mass is 255 g/mol. The zero-order chi connectivity index (χ0) is 13.2. The third kappa shape index (κ3) is 2.66. The molecular weight excluding hydrogens is 234 g/mol. The third-order valence-corrected chi connectivity index (χ3v) is 4.14. The van der Waals surface area contributed by atoms with Gasteiger partial charge in [0.2, 0.25) is 5.91 Å². The predicted molar refractivity (Wildman–Crippen MR) is 65.1 cm³/mol. The number of amides is 1. The molecule has 1 saturated heterocycles. The van der Waals surface area contributed by atoms with Crippen LogP contribution < -0.4 is 5.32 Å². The Balaban J connectivity index is 2.03. The Bertz CT molecular complexity index is 338. The second kappa shape index (κ2) is 5.26. The summed E-state index contributed by atoms with van der Waals surface area (Å²) in [4.78, 5) is 23.3. The van der Waals surface area contributed by atoms with Crippen molar-refractivity contribution in [1.82, 2.24) is 5.32 Å². The molecule has 0 radical (unpaired) electrons. The van der Waals surface area contributed by atoms with Gasteiger partial charge in [-0.2, -0.15) is 0 Å². The standard InChI is InChI=1S/C13H21NO4/c1-13(7-3-2-5-9(13)12(16)17)14-11(15)10-6-4-8-18-10/h9-10H,2-8H2,1H3,(H,14,15)(H,16,17)/t9?,10-,13?/m0/s1. The molecule has 1 saturated carbocycles. The maximum atomic E-state index is 12.1. The summed E-state index contributed by atoms with van der Waals surface area (Å²) in [6, 6.07) is 0. The fourth-order valence-corrected chi connectivity index (χ4v) is 3.03. The lowest BCUT2D eigenvalue weighted by molar-refractivity contribution is -0.147. The highest BCUT2D eigenvalue weighted by Gasteiger charge is 2.43. The molecular formula is C13H21NO4. The fourth-order valence-electron chi connectivity index (χ4n) is 3.03. The molecule has 3 atom stereocenters. The summed E-state index contributed by atoms with van der Waals surface area (Å²) in [6.07, 6.45) is 4.49. The normalized spacial score (nSPS) is 36.3. The van der Waals surface area contributed by atoms with E-state index in [0.29, 0.717) is 13.0 Å². The second-order valence-corrected chi connectivity index (χ2v) is 5.54. The Morgan fingerprint density at radius 2 is 2.06 bits per heavy atom. The Hall–Kier alpha value is -1.10. The minimum absolute atomic E-state index is 0.150. The highest BCUT2D eigenvalue weighted by atomic mass is 16.5. The number of hydrogen-bond donors (Lipinski definition) is 2. The van der Waals surface area contributed by atoms with E-state index in [1.54, 1.807) is 0 Å². The van der Waals surface area contributed by atoms with E-state index in [4.69, 9.17) is 4.74 Å². The summed E-state index contributed by atoms with van der Waals surface area (Å²) >= 11 is 0. The van der Waals surface area contributed by atoms with E-state index in [0.717, 1.165) is 32.1 Å². The summed E-state index contributed by atoms with van der Waals surface area (Å²) in [5.41, 5.74) is -0.632. The molecule has 0 bridgehead atoms. The summed E-state index contributed by atoms with van der Waals surface area (Å²) in [5.74, 6) is -1.45. The summed E-state index contributed by atoms with van der Waals surface area (Å²) in [7, 11) is 0. The molecule has 2 rings (SSSR count). The molecule has 5 heteroatoms. The molecule has 1 aliphatic heterocycles. The zero-order valence-corrected chi connectivity index (χ0v) is 10.8. The maximum Gasteiger partial charge on any atom is 0.308 e. The number of hydrogen-bond acceptors (Lipinski definition) is 3. The van der Waals surface area contributed by atoms with Gasteiger partial charge >= 0.3 is 5.97 Å². The third-order valence-electron chi connectivity index (χ3n) is 4.14. The number of rotatable bonds is 3. The topological polar surface area (TPSA) is 75.6 Å². The molecule has 2 N–H and O–H groups in total. The molecule has 102 valence electrons. The number of nitrogens with one attached hydrogen (secondary N) is 1. The zero-order valence-electron chi connectivity index (χ0n) is 10.8. The minimum atomic E-state index is -0.815. The van der Waals surface area contributed by atoms with Crippen molar-refractivity contribution >= 4 is 11.9 Å². The predicted octanol–water partition coefficient (Wildman–Crippen LogP) is 1.32. The van der Waals surface area contributed by atoms with Gasteiger partial charge in [0.05, 0.1) is 11.5 Å². The van der Waals surface area contributed by atoms with Crippen LogP contribution in [-0.4, -0.2) is 35.2 Å². The average Bonchev–Trinajstić information content (AvgIpc) is 2.81. The van der Waals surface area contributed by atoms with E-state index >= 15 is 0 Å². The van der Waals surface area contributed by atoms with Gasteiger partial charge in [-0.1, -0.05) is 12.8 Å². The van der Waals surface area contributed by atoms with E-state index < -0.39 is 23.5 Å². The molecule has 1 amide bonds. The molecule has 2 unspecified atom stereocenters. The SMILES string of the molecule is CC1(NC(=O)[C@@H]2CCCO2)CCCCC1C(=O)O. The van der Waals surface area contributed by atoms with Crippen LogP contribution in [0.5, 0.6) is 0 Å². The van der Waals surface area contributed by atoms with Gasteiger partial charge in [0.15, 0.2) is 0 Å². The van der Waals surface area contributed by atoms with Gasteiger partial charge in [0.25, 0.3) is 0 Å². The van der Waals surface area contributed by atoms with Crippen molar-refractivity contribution in [2.75, 3.05) is 6.61 Å². The van der Waals surface area contributed by atoms with Gasteiger partial charge in [-0.05, 0) is 32.6 Å². The van der Waals surface area contributed by atoms with E-state index in [-0.39, 0.29) is 5.91 Å². The second-order valence-electron chi connectivity index (χ2n) is 5.54.